The largest absolute Gasteiger partial charge is 2.00 e. The molecule has 0 heterocycles. The molecule has 1 aromatic carbocycles. The van der Waals surface area contributed by atoms with Gasteiger partial charge in [0.2, 0.25) is 0 Å². The number of aliphatic hydroxyl groups excluding tert-OH is 2. The van der Waals surface area contributed by atoms with E-state index in [9.17, 15) is 4.79 Å². The summed E-state index contributed by atoms with van der Waals surface area (Å²) >= 11 is 0. The second-order valence-corrected chi connectivity index (χ2v) is 16.1. The second-order valence-electron chi connectivity index (χ2n) is 11.4. The van der Waals surface area contributed by atoms with Crippen LogP contribution in [-0.2, 0) is 31.2 Å². The number of aliphatic hydroxyl groups is 2. The quantitative estimate of drug-likeness (QED) is 0.0738. The van der Waals surface area contributed by atoms with Gasteiger partial charge in [0, 0.05) is 18.1 Å². The fourth-order valence-corrected chi connectivity index (χ4v) is 4.88. The van der Waals surface area contributed by atoms with Crippen molar-refractivity contribution in [2.75, 3.05) is 0 Å². The van der Waals surface area contributed by atoms with Gasteiger partial charge in [-0.15, -0.1) is 6.42 Å². The van der Waals surface area contributed by atoms with E-state index < -0.39 is 8.07 Å². The van der Waals surface area contributed by atoms with Gasteiger partial charge in [0.05, 0.1) is 6.10 Å². The Morgan fingerprint density at radius 1 is 1.00 bits per heavy atom. The van der Waals surface area contributed by atoms with E-state index in [1.807, 2.05) is 12.1 Å². The molecule has 2 N–H and O–H groups in total. The van der Waals surface area contributed by atoms with E-state index in [4.69, 9.17) is 14.9 Å². The summed E-state index contributed by atoms with van der Waals surface area (Å²) in [4.78, 5) is 13.1. The van der Waals surface area contributed by atoms with Crippen molar-refractivity contribution in [3.05, 3.63) is 59.3 Å². The van der Waals surface area contributed by atoms with Crippen LogP contribution >= 0.6 is 0 Å². The number of carbonyl (C=O) groups excluding carboxylic acids is 1. The topological polar surface area (TPSA) is 66.8 Å². The maximum Gasteiger partial charge on any atom is 2.00 e. The van der Waals surface area contributed by atoms with Crippen LogP contribution in [0.1, 0.15) is 104 Å². The Hall–Kier alpha value is -0.979. The first-order valence-corrected chi connectivity index (χ1v) is 17.7. The first-order valence-electron chi connectivity index (χ1n) is 14.2. The van der Waals surface area contributed by atoms with Crippen molar-refractivity contribution in [3.63, 3.8) is 0 Å². The summed E-state index contributed by atoms with van der Waals surface area (Å²) in [6.07, 6.45) is 14.9. The molecule has 1 aliphatic carbocycles. The van der Waals surface area contributed by atoms with Crippen molar-refractivity contribution >= 4 is 14.0 Å². The Morgan fingerprint density at radius 3 is 2.08 bits per heavy atom. The van der Waals surface area contributed by atoms with Gasteiger partial charge in [-0.05, 0) is 60.6 Å². The smallest absolute Gasteiger partial charge is 0.529 e. The molecule has 1 saturated carbocycles. The Labute approximate surface area is 250 Å². The zero-order valence-corrected chi connectivity index (χ0v) is 27.9. The molecular formula is C32H54O4SiTi. The first kappa shape index (κ1) is 39.2. The number of ether oxygens (including phenoxy) is 1. The predicted octanol–water partition coefficient (Wildman–Crippen LogP) is 7.96. The van der Waals surface area contributed by atoms with Gasteiger partial charge in [-0.25, -0.2) is 0 Å². The number of benzene rings is 1. The fraction of sp³-hybridized carbons (Fsp3) is 0.656. The van der Waals surface area contributed by atoms with Crippen LogP contribution in [0.3, 0.4) is 0 Å². The Balaban J connectivity index is 0. The van der Waals surface area contributed by atoms with Crippen LogP contribution in [0.15, 0.2) is 42.0 Å². The minimum Gasteiger partial charge on any atom is -0.529 e. The van der Waals surface area contributed by atoms with Crippen molar-refractivity contribution in [2.45, 2.75) is 136 Å². The van der Waals surface area contributed by atoms with E-state index in [1.165, 1.54) is 31.2 Å². The molecule has 0 aromatic heterocycles. The molecule has 0 bridgehead atoms. The summed E-state index contributed by atoms with van der Waals surface area (Å²) in [5.74, 6) is 0.0744. The normalized spacial score (nSPS) is 17.7. The summed E-state index contributed by atoms with van der Waals surface area (Å²) in [6.45, 7) is 15.7. The molecule has 0 amide bonds. The summed E-state index contributed by atoms with van der Waals surface area (Å²) in [7, 11) is -1.67. The first-order chi connectivity index (χ1) is 17.4. The molecule has 2 atom stereocenters. The number of unbranched alkanes of at least 4 members (excludes halogenated alkanes) is 4. The third kappa shape index (κ3) is 21.9. The molecule has 38 heavy (non-hydrogen) atoms. The molecule has 0 radical (unpaired) electrons. The summed E-state index contributed by atoms with van der Waals surface area (Å²) < 4.78 is 6.07. The van der Waals surface area contributed by atoms with Gasteiger partial charge in [-0.2, -0.15) is 0 Å². The number of hydrogen-bond acceptors (Lipinski definition) is 4. The molecule has 0 unspecified atom stereocenters. The van der Waals surface area contributed by atoms with Crippen LogP contribution in [0.25, 0.3) is 0 Å². The van der Waals surface area contributed by atoms with Crippen molar-refractivity contribution in [1.29, 1.82) is 0 Å². The molecule has 0 spiro atoms. The molecule has 1 aliphatic rings. The molecule has 2 rings (SSSR count). The van der Waals surface area contributed by atoms with Gasteiger partial charge < -0.3 is 31.9 Å². The Kier molecular flexibility index (Phi) is 23.5. The van der Waals surface area contributed by atoms with Crippen molar-refractivity contribution < 1.29 is 41.5 Å². The fourth-order valence-electron chi connectivity index (χ4n) is 3.90. The van der Waals surface area contributed by atoms with Gasteiger partial charge in [0.25, 0.3) is 0 Å². The number of hydrogen-bond donors (Lipinski definition) is 2. The number of allylic oxidation sites excluding steroid dienone is 1. The van der Waals surface area contributed by atoms with E-state index in [0.717, 1.165) is 32.1 Å². The van der Waals surface area contributed by atoms with E-state index in [-0.39, 0.29) is 46.0 Å². The van der Waals surface area contributed by atoms with E-state index in [2.05, 4.69) is 62.6 Å². The minimum absolute atomic E-state index is 0. The average Bonchev–Trinajstić information content (AvgIpc) is 2.80. The molecule has 6 heteroatoms. The summed E-state index contributed by atoms with van der Waals surface area (Å²) in [6, 6.07) is 10.5. The van der Waals surface area contributed by atoms with Gasteiger partial charge in [-0.3, -0.25) is 11.3 Å². The number of esters is 1. The molecule has 0 saturated heterocycles. The van der Waals surface area contributed by atoms with Gasteiger partial charge in [0.1, 0.15) is 5.97 Å². The summed E-state index contributed by atoms with van der Waals surface area (Å²) in [5, 5.41) is 16.1. The van der Waals surface area contributed by atoms with E-state index >= 15 is 0 Å². The van der Waals surface area contributed by atoms with Crippen molar-refractivity contribution in [3.8, 4) is 0 Å². The van der Waals surface area contributed by atoms with Crippen LogP contribution in [-0.4, -0.2) is 42.6 Å². The predicted molar refractivity (Wildman–Crippen MR) is 159 cm³/mol. The van der Waals surface area contributed by atoms with Crippen LogP contribution in [0.2, 0.25) is 19.6 Å². The van der Waals surface area contributed by atoms with Crippen LogP contribution < -0.4 is 0 Å². The minimum atomic E-state index is -1.67. The van der Waals surface area contributed by atoms with E-state index in [0.29, 0.717) is 11.5 Å². The Morgan fingerprint density at radius 2 is 1.55 bits per heavy atom. The molecule has 1 fully saturated rings. The average molecular weight is 579 g/mol. The van der Waals surface area contributed by atoms with Gasteiger partial charge in [-0.1, -0.05) is 89.0 Å². The van der Waals surface area contributed by atoms with Crippen molar-refractivity contribution in [2.24, 2.45) is 0 Å². The zero-order chi connectivity index (χ0) is 28.3. The molecule has 0 aliphatic heterocycles. The van der Waals surface area contributed by atoms with Crippen LogP contribution in [0.4, 0.5) is 0 Å². The number of carbonyl (C=O) groups is 1. The standard InChI is InChI=1S/C26H38O2Si.2C3H8O.Ti/c1-5-6-7-8-9-11-18-23(21-29(2,3)4)26(27)28-25-20-15-14-19-24(25)22-16-12-10-13-17-22;2*1-3(2)4;/h10,12-13,16-18,24-25H,5-9,14-15,19-20H2,1-4H3;2*3-4H,1-2H3;/q-2;;;+2/t24-,25+;;;/m1.../s1. The molecule has 1 aromatic rings. The summed E-state index contributed by atoms with van der Waals surface area (Å²) in [5.41, 5.74) is 5.33. The van der Waals surface area contributed by atoms with Crippen LogP contribution in [0.5, 0.6) is 0 Å². The Bertz CT molecular complexity index is 758. The van der Waals surface area contributed by atoms with E-state index in [1.54, 1.807) is 27.7 Å². The van der Waals surface area contributed by atoms with Gasteiger partial charge in [0.15, 0.2) is 0 Å². The number of rotatable bonds is 10. The third-order valence-electron chi connectivity index (χ3n) is 5.34. The SMILES string of the molecule is CC(C)O.CC(C)O.CCCCCC[C-]=CC(=[C-][Si](C)(C)C)C(=O)O[C@H]1CCCC[C@@H]1c1ccccc1.[Ti+2]. The van der Waals surface area contributed by atoms with Crippen molar-refractivity contribution in [1.82, 2.24) is 0 Å². The molecule has 4 nitrogen and oxygen atoms in total. The third-order valence-corrected chi connectivity index (χ3v) is 6.36. The molecular weight excluding hydrogens is 524 g/mol. The second kappa shape index (κ2) is 22.8. The van der Waals surface area contributed by atoms with Crippen LogP contribution in [0, 0.1) is 11.8 Å². The van der Waals surface area contributed by atoms with Gasteiger partial charge >= 0.3 is 21.7 Å². The zero-order valence-electron chi connectivity index (χ0n) is 25.3. The maximum atomic E-state index is 13.1. The monoisotopic (exact) mass is 578 g/mol. The maximum absolute atomic E-state index is 13.1. The molecule has 214 valence electrons.